The molecule has 2 heterocycles. The third-order valence-electron chi connectivity index (χ3n) is 5.22. The Balaban J connectivity index is 1.63. The molecule has 0 radical (unpaired) electrons. The molecule has 1 atom stereocenters. The first-order valence-corrected chi connectivity index (χ1v) is 9.91. The van der Waals surface area contributed by atoms with Gasteiger partial charge in [-0.25, -0.2) is 0 Å². The minimum atomic E-state index is 0.368. The van der Waals surface area contributed by atoms with E-state index < -0.39 is 0 Å². The summed E-state index contributed by atoms with van der Waals surface area (Å²) in [7, 11) is 0. The van der Waals surface area contributed by atoms with E-state index in [0.717, 1.165) is 47.2 Å². The summed E-state index contributed by atoms with van der Waals surface area (Å²) in [4.78, 5) is 4.82. The molecule has 0 spiro atoms. The van der Waals surface area contributed by atoms with Crippen molar-refractivity contribution in [3.8, 4) is 0 Å². The van der Waals surface area contributed by atoms with Crippen LogP contribution in [-0.4, -0.2) is 28.9 Å². The van der Waals surface area contributed by atoms with E-state index in [1.165, 1.54) is 11.3 Å². The smallest absolute Gasteiger partial charge is 0.0465 e. The van der Waals surface area contributed by atoms with Crippen molar-refractivity contribution in [3.63, 3.8) is 0 Å². The second-order valence-corrected chi connectivity index (χ2v) is 7.94. The van der Waals surface area contributed by atoms with Crippen LogP contribution in [0.4, 0.5) is 0 Å². The van der Waals surface area contributed by atoms with E-state index in [4.69, 9.17) is 23.2 Å². The number of benzene rings is 2. The highest BCUT2D eigenvalue weighted by Gasteiger charge is 2.30. The van der Waals surface area contributed by atoms with Crippen molar-refractivity contribution in [3.05, 3.63) is 106 Å². The van der Waals surface area contributed by atoms with E-state index in [1.54, 1.807) is 0 Å². The number of hydrogen-bond donors (Lipinski definition) is 0. The Kier molecular flexibility index (Phi) is 5.40. The normalized spacial score (nSPS) is 19.8. The van der Waals surface area contributed by atoms with Crippen molar-refractivity contribution in [2.75, 3.05) is 13.1 Å². The number of allylic oxidation sites excluding steroid dienone is 3. The topological polar surface area (TPSA) is 6.48 Å². The Morgan fingerprint density at radius 2 is 1.74 bits per heavy atom. The Morgan fingerprint density at radius 3 is 2.48 bits per heavy atom. The molecular weight excluding hydrogens is 375 g/mol. The van der Waals surface area contributed by atoms with Crippen LogP contribution in [0.2, 0.25) is 10.0 Å². The molecule has 2 aliphatic rings. The van der Waals surface area contributed by atoms with Crippen molar-refractivity contribution in [1.29, 1.82) is 0 Å². The molecule has 138 valence electrons. The third-order valence-corrected chi connectivity index (χ3v) is 5.92. The van der Waals surface area contributed by atoms with Crippen LogP contribution < -0.4 is 0 Å². The van der Waals surface area contributed by atoms with E-state index in [9.17, 15) is 0 Å². The number of halogens is 2. The van der Waals surface area contributed by atoms with Crippen molar-refractivity contribution in [2.24, 2.45) is 0 Å². The highest BCUT2D eigenvalue weighted by atomic mass is 35.5. The highest BCUT2D eigenvalue weighted by Crippen LogP contribution is 2.31. The zero-order chi connectivity index (χ0) is 18.8. The van der Waals surface area contributed by atoms with Gasteiger partial charge in [0.2, 0.25) is 0 Å². The summed E-state index contributed by atoms with van der Waals surface area (Å²) < 4.78 is 0. The molecule has 0 aromatic heterocycles. The predicted molar refractivity (Wildman–Crippen MR) is 114 cm³/mol. The molecule has 2 aromatic rings. The molecule has 1 fully saturated rings. The highest BCUT2D eigenvalue weighted by molar-refractivity contribution is 6.35. The van der Waals surface area contributed by atoms with Gasteiger partial charge in [-0.3, -0.25) is 4.90 Å². The third kappa shape index (κ3) is 4.14. The lowest BCUT2D eigenvalue weighted by molar-refractivity contribution is 0.125. The number of nitrogens with zero attached hydrogens (tertiary/aromatic N) is 2. The Hall–Kier alpha value is -2.00. The van der Waals surface area contributed by atoms with E-state index in [-0.39, 0.29) is 0 Å². The number of piperazine rings is 1. The van der Waals surface area contributed by atoms with Crippen LogP contribution in [0.3, 0.4) is 0 Å². The van der Waals surface area contributed by atoms with Crippen LogP contribution >= 0.6 is 23.2 Å². The summed E-state index contributed by atoms with van der Waals surface area (Å²) in [6.45, 7) is 6.60. The van der Waals surface area contributed by atoms with Crippen LogP contribution in [-0.2, 0) is 13.0 Å². The minimum Gasteiger partial charge on any atom is -0.349 e. The van der Waals surface area contributed by atoms with Gasteiger partial charge in [-0.05, 0) is 41.8 Å². The van der Waals surface area contributed by atoms with Gasteiger partial charge in [-0.2, -0.15) is 0 Å². The molecule has 2 aromatic carbocycles. The molecule has 0 aliphatic carbocycles. The fourth-order valence-electron chi connectivity index (χ4n) is 3.77. The lowest BCUT2D eigenvalue weighted by Gasteiger charge is -2.44. The van der Waals surface area contributed by atoms with Gasteiger partial charge in [0.15, 0.2) is 0 Å². The van der Waals surface area contributed by atoms with Crippen molar-refractivity contribution in [2.45, 2.75) is 19.0 Å². The van der Waals surface area contributed by atoms with Gasteiger partial charge in [-0.1, -0.05) is 66.2 Å². The minimum absolute atomic E-state index is 0.368. The zero-order valence-corrected chi connectivity index (χ0v) is 16.6. The lowest BCUT2D eigenvalue weighted by Crippen LogP contribution is -2.51. The molecule has 1 unspecified atom stereocenters. The van der Waals surface area contributed by atoms with Crippen molar-refractivity contribution in [1.82, 2.24) is 9.80 Å². The number of rotatable bonds is 4. The average Bonchev–Trinajstić information content (AvgIpc) is 2.66. The summed E-state index contributed by atoms with van der Waals surface area (Å²) in [5.41, 5.74) is 4.65. The molecule has 2 nitrogen and oxygen atoms in total. The van der Waals surface area contributed by atoms with Gasteiger partial charge in [0, 0.05) is 53.2 Å². The van der Waals surface area contributed by atoms with E-state index >= 15 is 0 Å². The standard InChI is InChI=1S/C23H22Cl2N2/c1-17-10-11-26-14-20(13-18-6-3-2-4-7-18)27(15-19(26)12-17)16-21-22(24)8-5-9-23(21)25/h2-12,20H,1,13-16H2. The summed E-state index contributed by atoms with van der Waals surface area (Å²) >= 11 is 12.9. The summed E-state index contributed by atoms with van der Waals surface area (Å²) in [6.07, 6.45) is 7.38. The summed E-state index contributed by atoms with van der Waals surface area (Å²) in [5, 5.41) is 1.45. The first kappa shape index (κ1) is 18.4. The fraction of sp³-hybridized carbons (Fsp3) is 0.217. The molecule has 0 N–H and O–H groups in total. The second kappa shape index (κ2) is 7.93. The molecule has 0 amide bonds. The largest absolute Gasteiger partial charge is 0.349 e. The van der Waals surface area contributed by atoms with Crippen LogP contribution in [0, 0.1) is 0 Å². The number of fused-ring (bicyclic) bond motifs is 1. The molecule has 4 rings (SSSR count). The molecular formula is C23H22Cl2N2. The van der Waals surface area contributed by atoms with Gasteiger partial charge < -0.3 is 4.90 Å². The molecule has 4 heteroatoms. The maximum atomic E-state index is 6.46. The quantitative estimate of drug-likeness (QED) is 0.654. The molecule has 1 saturated heterocycles. The Morgan fingerprint density at radius 1 is 1.00 bits per heavy atom. The predicted octanol–water partition coefficient (Wildman–Crippen LogP) is 5.69. The van der Waals surface area contributed by atoms with Gasteiger partial charge in [0.1, 0.15) is 0 Å². The van der Waals surface area contributed by atoms with E-state index in [1.807, 2.05) is 18.2 Å². The SMILES string of the molecule is C=C1C=CN2CC(Cc3ccccc3)N(Cc3c(Cl)cccc3Cl)CC2=C1. The maximum Gasteiger partial charge on any atom is 0.0465 e. The van der Waals surface area contributed by atoms with Crippen molar-refractivity contribution < 1.29 is 0 Å². The first-order chi connectivity index (χ1) is 13.1. The first-order valence-electron chi connectivity index (χ1n) is 9.15. The van der Waals surface area contributed by atoms with Crippen LogP contribution in [0.5, 0.6) is 0 Å². The van der Waals surface area contributed by atoms with Gasteiger partial charge in [0.25, 0.3) is 0 Å². The van der Waals surface area contributed by atoms with Crippen LogP contribution in [0.1, 0.15) is 11.1 Å². The maximum absolute atomic E-state index is 6.46. The molecule has 2 aliphatic heterocycles. The number of hydrogen-bond acceptors (Lipinski definition) is 2. The van der Waals surface area contributed by atoms with E-state index in [0.29, 0.717) is 6.04 Å². The monoisotopic (exact) mass is 396 g/mol. The molecule has 27 heavy (non-hydrogen) atoms. The van der Waals surface area contributed by atoms with E-state index in [2.05, 4.69) is 65.1 Å². The molecule has 0 saturated carbocycles. The average molecular weight is 397 g/mol. The summed E-state index contributed by atoms with van der Waals surface area (Å²) in [6, 6.07) is 16.7. The molecule has 0 bridgehead atoms. The van der Waals surface area contributed by atoms with Gasteiger partial charge >= 0.3 is 0 Å². The fourth-order valence-corrected chi connectivity index (χ4v) is 4.29. The lowest BCUT2D eigenvalue weighted by atomic mass is 9.98. The Labute approximate surface area is 171 Å². The van der Waals surface area contributed by atoms with Crippen molar-refractivity contribution >= 4 is 23.2 Å². The zero-order valence-electron chi connectivity index (χ0n) is 15.1. The second-order valence-electron chi connectivity index (χ2n) is 7.13. The summed E-state index contributed by atoms with van der Waals surface area (Å²) in [5.74, 6) is 0. The van der Waals surface area contributed by atoms with Crippen LogP contribution in [0.25, 0.3) is 0 Å². The van der Waals surface area contributed by atoms with Gasteiger partial charge in [-0.15, -0.1) is 0 Å². The Bertz CT molecular complexity index is 882. The van der Waals surface area contributed by atoms with Crippen LogP contribution in [0.15, 0.2) is 84.7 Å². The van der Waals surface area contributed by atoms with Gasteiger partial charge in [0.05, 0.1) is 0 Å².